The maximum atomic E-state index is 13.5. The zero-order valence-electron chi connectivity index (χ0n) is 23.3. The molecule has 3 N–H and O–H groups in total. The number of likely N-dealkylation sites (tertiary alicyclic amines) is 1. The van der Waals surface area contributed by atoms with Crippen LogP contribution in [0.4, 0.5) is 4.79 Å². The van der Waals surface area contributed by atoms with Gasteiger partial charge in [-0.25, -0.2) is 4.79 Å². The van der Waals surface area contributed by atoms with Crippen LogP contribution in [-0.2, 0) is 35.1 Å². The average molecular weight is 565 g/mol. The van der Waals surface area contributed by atoms with Crippen LogP contribution >= 0.6 is 11.8 Å². The van der Waals surface area contributed by atoms with E-state index in [2.05, 4.69) is 20.7 Å². The van der Waals surface area contributed by atoms with Gasteiger partial charge in [-0.1, -0.05) is 30.3 Å². The van der Waals surface area contributed by atoms with Crippen LogP contribution in [0.15, 0.2) is 30.3 Å². The monoisotopic (exact) mass is 564 g/mol. The lowest BCUT2D eigenvalue weighted by Gasteiger charge is -2.29. The predicted octanol–water partition coefficient (Wildman–Crippen LogP) is 1.64. The fourth-order valence-corrected chi connectivity index (χ4v) is 4.51. The summed E-state index contributed by atoms with van der Waals surface area (Å²) in [4.78, 5) is 65.1. The summed E-state index contributed by atoms with van der Waals surface area (Å²) in [5.41, 5.74) is 0.0978. The maximum Gasteiger partial charge on any atom is 0.410 e. The summed E-state index contributed by atoms with van der Waals surface area (Å²) in [6, 6.07) is 6.47. The molecule has 1 aromatic carbocycles. The molecular weight excluding hydrogens is 524 g/mol. The lowest BCUT2D eigenvalue weighted by atomic mass is 10.0. The van der Waals surface area contributed by atoms with Crippen molar-refractivity contribution in [3.8, 4) is 0 Å². The number of thioether (sulfide) groups is 1. The van der Waals surface area contributed by atoms with Gasteiger partial charge in [-0.15, -0.1) is 0 Å². The van der Waals surface area contributed by atoms with Gasteiger partial charge in [-0.2, -0.15) is 11.8 Å². The molecule has 0 aliphatic carbocycles. The molecule has 4 amide bonds. The third kappa shape index (κ3) is 10.8. The summed E-state index contributed by atoms with van der Waals surface area (Å²) in [6.07, 6.45) is 2.86. The molecule has 2 rings (SSSR count). The minimum atomic E-state index is -1.01. The van der Waals surface area contributed by atoms with Gasteiger partial charge in [0.05, 0.1) is 7.11 Å². The summed E-state index contributed by atoms with van der Waals surface area (Å²) in [7, 11) is 1.21. The summed E-state index contributed by atoms with van der Waals surface area (Å²) >= 11 is 1.51. The minimum Gasteiger partial charge on any atom is -0.468 e. The minimum absolute atomic E-state index is 0.177. The lowest BCUT2D eigenvalue weighted by Crippen LogP contribution is -2.57. The van der Waals surface area contributed by atoms with Crippen molar-refractivity contribution in [1.29, 1.82) is 0 Å². The largest absolute Gasteiger partial charge is 0.468 e. The molecule has 0 unspecified atom stereocenters. The number of amides is 4. The van der Waals surface area contributed by atoms with Crippen molar-refractivity contribution in [2.24, 2.45) is 0 Å². The van der Waals surface area contributed by atoms with Gasteiger partial charge in [-0.3, -0.25) is 24.1 Å². The second-order valence-corrected chi connectivity index (χ2v) is 11.2. The average Bonchev–Trinajstić information content (AvgIpc) is 3.39. The van der Waals surface area contributed by atoms with Crippen LogP contribution in [0.25, 0.3) is 0 Å². The first kappa shape index (κ1) is 31.9. The summed E-state index contributed by atoms with van der Waals surface area (Å²) in [5, 5.41) is 8.02. The van der Waals surface area contributed by atoms with E-state index in [1.54, 1.807) is 20.8 Å². The Morgan fingerprint density at radius 3 is 2.36 bits per heavy atom. The number of esters is 1. The molecule has 1 saturated heterocycles. The number of hydrogen-bond acceptors (Lipinski definition) is 8. The van der Waals surface area contributed by atoms with Crippen molar-refractivity contribution >= 4 is 41.5 Å². The van der Waals surface area contributed by atoms with Gasteiger partial charge in [-0.05, 0) is 57.6 Å². The lowest BCUT2D eigenvalue weighted by molar-refractivity contribution is -0.141. The van der Waals surface area contributed by atoms with Gasteiger partial charge < -0.3 is 25.4 Å². The number of ether oxygens (including phenoxy) is 2. The number of nitrogens with zero attached hydrogens (tertiary/aromatic N) is 1. The molecule has 1 heterocycles. The van der Waals surface area contributed by atoms with E-state index < -0.39 is 53.5 Å². The van der Waals surface area contributed by atoms with E-state index >= 15 is 0 Å². The molecule has 12 heteroatoms. The van der Waals surface area contributed by atoms with Gasteiger partial charge in [0.2, 0.25) is 17.7 Å². The van der Waals surface area contributed by atoms with E-state index in [0.717, 1.165) is 5.56 Å². The highest BCUT2D eigenvalue weighted by atomic mass is 32.2. The molecule has 3 atom stereocenters. The predicted molar refractivity (Wildman–Crippen MR) is 148 cm³/mol. The van der Waals surface area contributed by atoms with Gasteiger partial charge in [0, 0.05) is 13.0 Å². The summed E-state index contributed by atoms with van der Waals surface area (Å²) in [5.74, 6) is -1.57. The van der Waals surface area contributed by atoms with Crippen LogP contribution in [0, 0.1) is 0 Å². The Bertz CT molecular complexity index is 1000. The number of hydrogen-bond donors (Lipinski definition) is 3. The Kier molecular flexibility index (Phi) is 12.6. The smallest absolute Gasteiger partial charge is 0.410 e. The molecule has 0 radical (unpaired) electrons. The molecule has 1 fully saturated rings. The number of carbonyl (C=O) groups is 5. The van der Waals surface area contributed by atoms with Crippen molar-refractivity contribution in [3.63, 3.8) is 0 Å². The van der Waals surface area contributed by atoms with E-state index in [-0.39, 0.29) is 13.0 Å². The number of carbonyl (C=O) groups excluding carboxylic acids is 5. The van der Waals surface area contributed by atoms with Gasteiger partial charge >= 0.3 is 12.1 Å². The van der Waals surface area contributed by atoms with Crippen LogP contribution in [-0.4, -0.2) is 90.6 Å². The van der Waals surface area contributed by atoms with Crippen molar-refractivity contribution in [2.45, 2.75) is 70.2 Å². The van der Waals surface area contributed by atoms with Gasteiger partial charge in [0.1, 0.15) is 30.3 Å². The first-order valence-electron chi connectivity index (χ1n) is 12.9. The molecule has 39 heavy (non-hydrogen) atoms. The highest BCUT2D eigenvalue weighted by molar-refractivity contribution is 7.98. The molecule has 0 aromatic heterocycles. The van der Waals surface area contributed by atoms with Gasteiger partial charge in [0.25, 0.3) is 0 Å². The Hall–Kier alpha value is -3.28. The molecule has 1 aliphatic rings. The Morgan fingerprint density at radius 1 is 1.05 bits per heavy atom. The van der Waals surface area contributed by atoms with E-state index in [1.165, 1.54) is 23.8 Å². The second kappa shape index (κ2) is 15.3. The highest BCUT2D eigenvalue weighted by Gasteiger charge is 2.38. The van der Waals surface area contributed by atoms with Crippen molar-refractivity contribution in [1.82, 2.24) is 20.9 Å². The number of nitrogens with one attached hydrogen (secondary N) is 3. The van der Waals surface area contributed by atoms with Crippen molar-refractivity contribution < 1.29 is 33.4 Å². The number of rotatable bonds is 12. The molecule has 0 bridgehead atoms. The van der Waals surface area contributed by atoms with Crippen LogP contribution in [0.1, 0.15) is 45.6 Å². The summed E-state index contributed by atoms with van der Waals surface area (Å²) < 4.78 is 10.0. The highest BCUT2D eigenvalue weighted by Crippen LogP contribution is 2.21. The topological polar surface area (TPSA) is 143 Å². The van der Waals surface area contributed by atoms with Crippen LogP contribution in [0.5, 0.6) is 0 Å². The van der Waals surface area contributed by atoms with E-state index in [4.69, 9.17) is 4.74 Å². The number of benzene rings is 1. The Balaban J connectivity index is 2.20. The molecule has 0 saturated carbocycles. The third-order valence-corrected chi connectivity index (χ3v) is 6.62. The van der Waals surface area contributed by atoms with E-state index in [9.17, 15) is 24.0 Å². The standard InChI is InChI=1S/C27H40N4O7S/c1-27(2,3)38-26(36)31-14-9-12-21(31)25(35)30-20(16-18-10-7-6-8-11-18)24(34)29-19(13-15-39-5)23(33)28-17-22(32)37-4/h6-8,10-11,19-21H,9,12-17H2,1-5H3,(H,28,33)(H,29,34)(H,30,35)/t19-,20-,21-/m0/s1. The van der Waals surface area contributed by atoms with Gasteiger partial charge in [0.15, 0.2) is 0 Å². The van der Waals surface area contributed by atoms with Crippen LogP contribution in [0.3, 0.4) is 0 Å². The quantitative estimate of drug-likeness (QED) is 0.325. The molecule has 1 aliphatic heterocycles. The molecule has 216 valence electrons. The fraction of sp³-hybridized carbons (Fsp3) is 0.593. The maximum absolute atomic E-state index is 13.5. The zero-order valence-corrected chi connectivity index (χ0v) is 24.1. The first-order valence-corrected chi connectivity index (χ1v) is 14.3. The van der Waals surface area contributed by atoms with Crippen molar-refractivity contribution in [2.75, 3.05) is 32.2 Å². The molecule has 0 spiro atoms. The molecule has 1 aromatic rings. The first-order chi connectivity index (χ1) is 18.4. The van der Waals surface area contributed by atoms with Crippen LogP contribution in [0.2, 0.25) is 0 Å². The fourth-order valence-electron chi connectivity index (χ4n) is 4.04. The molecule has 11 nitrogen and oxygen atoms in total. The third-order valence-electron chi connectivity index (χ3n) is 5.98. The van der Waals surface area contributed by atoms with E-state index in [1.807, 2.05) is 36.6 Å². The summed E-state index contributed by atoms with van der Waals surface area (Å²) in [6.45, 7) is 5.31. The Morgan fingerprint density at radius 2 is 1.74 bits per heavy atom. The normalized spacial score (nSPS) is 16.5. The number of methoxy groups -OCH3 is 1. The second-order valence-electron chi connectivity index (χ2n) is 10.2. The van der Waals surface area contributed by atoms with Crippen molar-refractivity contribution in [3.05, 3.63) is 35.9 Å². The SMILES string of the molecule is COC(=O)CNC(=O)[C@H](CCSC)NC(=O)[C@H](Cc1ccccc1)NC(=O)[C@@H]1CCCN1C(=O)OC(C)(C)C. The Labute approximate surface area is 234 Å². The zero-order chi connectivity index (χ0) is 29.0. The van der Waals surface area contributed by atoms with E-state index in [0.29, 0.717) is 31.6 Å². The molecular formula is C27H40N4O7S. The van der Waals surface area contributed by atoms with Crippen LogP contribution < -0.4 is 16.0 Å².